The molecule has 0 radical (unpaired) electrons. The molecule has 2 rings (SSSR count). The van der Waals surface area contributed by atoms with Crippen LogP contribution in [-0.4, -0.2) is 6.54 Å². The summed E-state index contributed by atoms with van der Waals surface area (Å²) in [5.74, 6) is 0. The molecular weight excluding hydrogens is 194 g/mol. The van der Waals surface area contributed by atoms with Gasteiger partial charge in [0, 0.05) is 12.1 Å². The topological polar surface area (TPSA) is 12.0 Å². The largest absolute Gasteiger partial charge is 0.380 e. The minimum atomic E-state index is 0.785. The molecule has 0 amide bonds. The zero-order valence-electron chi connectivity index (χ0n) is 8.10. The molecule has 1 nitrogen and oxygen atoms in total. The van der Waals surface area contributed by atoms with E-state index in [1.54, 1.807) is 0 Å². The number of fused-ring (bicyclic) bond motifs is 1. The van der Waals surface area contributed by atoms with E-state index >= 15 is 0 Å². The fourth-order valence-corrected chi connectivity index (χ4v) is 2.11. The van der Waals surface area contributed by atoms with Gasteiger partial charge in [-0.2, -0.15) is 0 Å². The van der Waals surface area contributed by atoms with Gasteiger partial charge in [-0.1, -0.05) is 36.4 Å². The van der Waals surface area contributed by atoms with Gasteiger partial charge in [-0.05, 0) is 24.1 Å². The first kappa shape index (κ1) is 9.35. The average Bonchev–Trinajstić information content (AvgIpc) is 2.18. The first-order valence-electron chi connectivity index (χ1n) is 4.60. The lowest BCUT2D eigenvalue weighted by Crippen LogP contribution is -2.07. The Morgan fingerprint density at radius 3 is 3.07 bits per heavy atom. The third-order valence-electron chi connectivity index (χ3n) is 2.45. The summed E-state index contributed by atoms with van der Waals surface area (Å²) >= 11 is 6.15. The van der Waals surface area contributed by atoms with Crippen molar-refractivity contribution in [3.63, 3.8) is 0 Å². The van der Waals surface area contributed by atoms with Crippen molar-refractivity contribution in [2.75, 3.05) is 11.9 Å². The SMILES string of the molecule is C=Cc1c(C)cc(Cl)c2c1C=CCN2. The fraction of sp³-hybridized carbons (Fsp3) is 0.167. The molecule has 1 aliphatic heterocycles. The molecule has 0 spiro atoms. The van der Waals surface area contributed by atoms with Gasteiger partial charge in [-0.25, -0.2) is 0 Å². The number of aryl methyl sites for hydroxylation is 1. The molecule has 2 heteroatoms. The molecule has 0 aromatic heterocycles. The molecule has 1 N–H and O–H groups in total. The van der Waals surface area contributed by atoms with E-state index in [0.29, 0.717) is 0 Å². The number of hydrogen-bond acceptors (Lipinski definition) is 1. The minimum absolute atomic E-state index is 0.785. The van der Waals surface area contributed by atoms with E-state index in [4.69, 9.17) is 11.6 Å². The van der Waals surface area contributed by atoms with Crippen LogP contribution >= 0.6 is 11.6 Å². The van der Waals surface area contributed by atoms with E-state index in [1.807, 2.05) is 19.1 Å². The van der Waals surface area contributed by atoms with Crippen molar-refractivity contribution in [2.24, 2.45) is 0 Å². The number of halogens is 1. The van der Waals surface area contributed by atoms with E-state index in [0.717, 1.165) is 33.9 Å². The molecular formula is C12H12ClN. The number of anilines is 1. The van der Waals surface area contributed by atoms with Crippen LogP contribution in [0.3, 0.4) is 0 Å². The quantitative estimate of drug-likeness (QED) is 0.737. The molecule has 0 atom stereocenters. The first-order chi connectivity index (χ1) is 6.74. The summed E-state index contributed by atoms with van der Waals surface area (Å²) in [7, 11) is 0. The molecule has 0 fully saturated rings. The van der Waals surface area contributed by atoms with E-state index < -0.39 is 0 Å². The zero-order chi connectivity index (χ0) is 10.1. The minimum Gasteiger partial charge on any atom is -0.380 e. The van der Waals surface area contributed by atoms with Gasteiger partial charge in [0.2, 0.25) is 0 Å². The highest BCUT2D eigenvalue weighted by molar-refractivity contribution is 6.33. The maximum Gasteiger partial charge on any atom is 0.0646 e. The Hall–Kier alpha value is -1.21. The molecule has 1 aliphatic rings. The fourth-order valence-electron chi connectivity index (χ4n) is 1.78. The highest BCUT2D eigenvalue weighted by atomic mass is 35.5. The molecule has 14 heavy (non-hydrogen) atoms. The van der Waals surface area contributed by atoms with Crippen LogP contribution in [0.2, 0.25) is 5.02 Å². The lowest BCUT2D eigenvalue weighted by Gasteiger charge is -2.18. The third kappa shape index (κ3) is 1.34. The van der Waals surface area contributed by atoms with Gasteiger partial charge >= 0.3 is 0 Å². The van der Waals surface area contributed by atoms with Gasteiger partial charge in [-0.15, -0.1) is 0 Å². The predicted octanol–water partition coefficient (Wildman–Crippen LogP) is 3.73. The molecule has 0 saturated heterocycles. The second-order valence-electron chi connectivity index (χ2n) is 3.37. The monoisotopic (exact) mass is 205 g/mol. The maximum absolute atomic E-state index is 6.15. The van der Waals surface area contributed by atoms with Gasteiger partial charge in [0.05, 0.1) is 10.7 Å². The Labute approximate surface area is 89.1 Å². The lowest BCUT2D eigenvalue weighted by molar-refractivity contribution is 1.29. The Morgan fingerprint density at radius 2 is 2.36 bits per heavy atom. The van der Waals surface area contributed by atoms with Gasteiger partial charge in [0.15, 0.2) is 0 Å². The summed E-state index contributed by atoms with van der Waals surface area (Å²) in [6.07, 6.45) is 6.06. The van der Waals surface area contributed by atoms with Crippen LogP contribution in [0, 0.1) is 6.92 Å². The van der Waals surface area contributed by atoms with Crippen LogP contribution in [-0.2, 0) is 0 Å². The lowest BCUT2D eigenvalue weighted by atomic mass is 9.98. The van der Waals surface area contributed by atoms with E-state index in [-0.39, 0.29) is 0 Å². The molecule has 0 saturated carbocycles. The van der Waals surface area contributed by atoms with Crippen LogP contribution in [0.4, 0.5) is 5.69 Å². The van der Waals surface area contributed by atoms with Gasteiger partial charge < -0.3 is 5.32 Å². The molecule has 1 aromatic carbocycles. The molecule has 1 heterocycles. The van der Waals surface area contributed by atoms with Crippen molar-refractivity contribution in [2.45, 2.75) is 6.92 Å². The van der Waals surface area contributed by atoms with Crippen LogP contribution in [0.25, 0.3) is 12.2 Å². The van der Waals surface area contributed by atoms with E-state index in [2.05, 4.69) is 24.0 Å². The Balaban J connectivity index is 2.75. The highest BCUT2D eigenvalue weighted by Crippen LogP contribution is 2.34. The van der Waals surface area contributed by atoms with Crippen LogP contribution in [0.1, 0.15) is 16.7 Å². The van der Waals surface area contributed by atoms with Gasteiger partial charge in [-0.3, -0.25) is 0 Å². The Kier molecular flexibility index (Phi) is 2.34. The number of hydrogen-bond donors (Lipinski definition) is 1. The van der Waals surface area contributed by atoms with E-state index in [9.17, 15) is 0 Å². The average molecular weight is 206 g/mol. The van der Waals surface area contributed by atoms with Crippen molar-refractivity contribution >= 4 is 29.4 Å². The smallest absolute Gasteiger partial charge is 0.0646 e. The summed E-state index contributed by atoms with van der Waals surface area (Å²) in [6, 6.07) is 1.98. The van der Waals surface area contributed by atoms with Crippen LogP contribution in [0.5, 0.6) is 0 Å². The zero-order valence-corrected chi connectivity index (χ0v) is 8.86. The van der Waals surface area contributed by atoms with Crippen molar-refractivity contribution in [3.8, 4) is 0 Å². The summed E-state index contributed by atoms with van der Waals surface area (Å²) in [4.78, 5) is 0. The highest BCUT2D eigenvalue weighted by Gasteiger charge is 2.12. The summed E-state index contributed by atoms with van der Waals surface area (Å²) < 4.78 is 0. The van der Waals surface area contributed by atoms with E-state index in [1.165, 1.54) is 0 Å². The van der Waals surface area contributed by atoms with Gasteiger partial charge in [0.1, 0.15) is 0 Å². The Bertz CT molecular complexity index is 419. The molecule has 72 valence electrons. The summed E-state index contributed by atoms with van der Waals surface area (Å²) in [5, 5.41) is 4.05. The number of nitrogens with one attached hydrogen (secondary N) is 1. The normalized spacial score (nSPS) is 13.3. The van der Waals surface area contributed by atoms with Crippen LogP contribution in [0.15, 0.2) is 18.7 Å². The second-order valence-corrected chi connectivity index (χ2v) is 3.77. The number of benzene rings is 1. The molecule has 0 bridgehead atoms. The van der Waals surface area contributed by atoms with Crippen molar-refractivity contribution in [1.82, 2.24) is 0 Å². The number of rotatable bonds is 1. The van der Waals surface area contributed by atoms with Crippen molar-refractivity contribution in [3.05, 3.63) is 40.4 Å². The van der Waals surface area contributed by atoms with Gasteiger partial charge in [0.25, 0.3) is 0 Å². The maximum atomic E-state index is 6.15. The summed E-state index contributed by atoms with van der Waals surface area (Å²) in [6.45, 7) is 6.71. The predicted molar refractivity (Wildman–Crippen MR) is 63.8 cm³/mol. The van der Waals surface area contributed by atoms with Crippen molar-refractivity contribution < 1.29 is 0 Å². The first-order valence-corrected chi connectivity index (χ1v) is 4.98. The summed E-state index contributed by atoms with van der Waals surface area (Å²) in [5.41, 5.74) is 4.50. The second kappa shape index (κ2) is 3.50. The third-order valence-corrected chi connectivity index (χ3v) is 2.75. The van der Waals surface area contributed by atoms with Crippen LogP contribution < -0.4 is 5.32 Å². The molecule has 0 unspecified atom stereocenters. The Morgan fingerprint density at radius 1 is 1.57 bits per heavy atom. The van der Waals surface area contributed by atoms with Crippen molar-refractivity contribution in [1.29, 1.82) is 0 Å². The molecule has 0 aliphatic carbocycles. The molecule has 1 aromatic rings. The standard InChI is InChI=1S/C12H12ClN/c1-3-9-8(2)7-11(13)12-10(9)5-4-6-14-12/h3-5,7,14H,1,6H2,2H3.